The maximum atomic E-state index is 12.1. The van der Waals surface area contributed by atoms with Gasteiger partial charge in [-0.25, -0.2) is 4.79 Å². The lowest BCUT2D eigenvalue weighted by atomic mass is 10.2. The predicted octanol–water partition coefficient (Wildman–Crippen LogP) is 2.48. The molecule has 0 unspecified atom stereocenters. The lowest BCUT2D eigenvalue weighted by Crippen LogP contribution is -2.38. The van der Waals surface area contributed by atoms with Gasteiger partial charge < -0.3 is 15.3 Å². The van der Waals surface area contributed by atoms with Gasteiger partial charge in [0.05, 0.1) is 11.2 Å². The fourth-order valence-corrected chi connectivity index (χ4v) is 2.03. The maximum absolute atomic E-state index is 12.1. The Hall–Kier alpha value is -2.63. The third-order valence-electron chi connectivity index (χ3n) is 3.10. The molecule has 0 aliphatic rings. The van der Waals surface area contributed by atoms with Crippen molar-refractivity contribution in [3.05, 3.63) is 36.0 Å². The van der Waals surface area contributed by atoms with Gasteiger partial charge in [-0.3, -0.25) is 9.78 Å². The van der Waals surface area contributed by atoms with E-state index in [9.17, 15) is 9.59 Å². The standard InChI is InChI=1S/C15H17N3O3/c1-3-18(9-13(19)20)15(21)17-12-6-4-5-11-8-7-10(2)16-14(11)12/h4-8H,3,9H2,1-2H3,(H,17,21)(H,19,20). The van der Waals surface area contributed by atoms with Crippen LogP contribution in [0.15, 0.2) is 30.3 Å². The van der Waals surface area contributed by atoms with Gasteiger partial charge in [0.2, 0.25) is 0 Å². The van der Waals surface area contributed by atoms with Crippen molar-refractivity contribution in [2.24, 2.45) is 0 Å². The van der Waals surface area contributed by atoms with Crippen LogP contribution in [0.4, 0.5) is 10.5 Å². The summed E-state index contributed by atoms with van der Waals surface area (Å²) in [5.74, 6) is -1.04. The van der Waals surface area contributed by atoms with E-state index in [4.69, 9.17) is 5.11 Å². The third kappa shape index (κ3) is 3.47. The molecule has 2 rings (SSSR count). The minimum absolute atomic E-state index is 0.315. The van der Waals surface area contributed by atoms with Crippen LogP contribution in [-0.2, 0) is 4.79 Å². The van der Waals surface area contributed by atoms with E-state index in [1.165, 1.54) is 4.90 Å². The molecule has 0 saturated carbocycles. The fraction of sp³-hybridized carbons (Fsp3) is 0.267. The Kier molecular flexibility index (Phi) is 4.37. The molecule has 110 valence electrons. The molecule has 0 saturated heterocycles. The molecular weight excluding hydrogens is 270 g/mol. The SMILES string of the molecule is CCN(CC(=O)O)C(=O)Nc1cccc2ccc(C)nc12. The molecule has 2 amide bonds. The molecule has 0 radical (unpaired) electrons. The lowest BCUT2D eigenvalue weighted by Gasteiger charge is -2.19. The Labute approximate surface area is 122 Å². The largest absolute Gasteiger partial charge is 0.480 e. The molecule has 1 heterocycles. The number of amides is 2. The summed E-state index contributed by atoms with van der Waals surface area (Å²) in [7, 11) is 0. The van der Waals surface area contributed by atoms with E-state index in [1.54, 1.807) is 13.0 Å². The van der Waals surface area contributed by atoms with Crippen LogP contribution in [0.3, 0.4) is 0 Å². The molecule has 6 nitrogen and oxygen atoms in total. The van der Waals surface area contributed by atoms with Crippen molar-refractivity contribution in [1.29, 1.82) is 0 Å². The number of carboxylic acid groups (broad SMARTS) is 1. The topological polar surface area (TPSA) is 82.5 Å². The van der Waals surface area contributed by atoms with E-state index in [-0.39, 0.29) is 6.54 Å². The van der Waals surface area contributed by atoms with Crippen LogP contribution in [0.2, 0.25) is 0 Å². The molecule has 0 spiro atoms. The molecule has 0 aliphatic carbocycles. The van der Waals surface area contributed by atoms with Gasteiger partial charge in [0.1, 0.15) is 6.54 Å². The van der Waals surface area contributed by atoms with Crippen molar-refractivity contribution >= 4 is 28.6 Å². The molecule has 0 atom stereocenters. The summed E-state index contributed by atoms with van der Waals surface area (Å²) in [5.41, 5.74) is 2.12. The summed E-state index contributed by atoms with van der Waals surface area (Å²) in [6.45, 7) is 3.59. The number of aliphatic carboxylic acids is 1. The summed E-state index contributed by atoms with van der Waals surface area (Å²) >= 11 is 0. The Morgan fingerprint density at radius 3 is 2.71 bits per heavy atom. The Morgan fingerprint density at radius 1 is 1.29 bits per heavy atom. The molecule has 0 aliphatic heterocycles. The molecule has 6 heteroatoms. The van der Waals surface area contributed by atoms with Crippen LogP contribution < -0.4 is 5.32 Å². The number of anilines is 1. The Morgan fingerprint density at radius 2 is 2.05 bits per heavy atom. The molecule has 2 aromatic rings. The van der Waals surface area contributed by atoms with Crippen molar-refractivity contribution in [3.63, 3.8) is 0 Å². The van der Waals surface area contributed by atoms with Gasteiger partial charge in [0.15, 0.2) is 0 Å². The zero-order valence-electron chi connectivity index (χ0n) is 12.0. The number of likely N-dealkylation sites (N-methyl/N-ethyl adjacent to an activating group) is 1. The average Bonchev–Trinajstić information content (AvgIpc) is 2.45. The second-order valence-corrected chi connectivity index (χ2v) is 4.67. The highest BCUT2D eigenvalue weighted by Crippen LogP contribution is 2.22. The number of nitrogens with one attached hydrogen (secondary N) is 1. The number of pyridine rings is 1. The van der Waals surface area contributed by atoms with Crippen LogP contribution in [0.5, 0.6) is 0 Å². The van der Waals surface area contributed by atoms with Crippen molar-refractivity contribution in [3.8, 4) is 0 Å². The molecule has 0 fully saturated rings. The second-order valence-electron chi connectivity index (χ2n) is 4.67. The van der Waals surface area contributed by atoms with E-state index in [1.807, 2.05) is 31.2 Å². The number of aryl methyl sites for hydroxylation is 1. The van der Waals surface area contributed by atoms with Crippen molar-refractivity contribution in [2.75, 3.05) is 18.4 Å². The van der Waals surface area contributed by atoms with Crippen LogP contribution >= 0.6 is 0 Å². The normalized spacial score (nSPS) is 10.4. The molecular formula is C15H17N3O3. The van der Waals surface area contributed by atoms with E-state index < -0.39 is 12.0 Å². The number of rotatable bonds is 4. The van der Waals surface area contributed by atoms with Crippen molar-refractivity contribution in [1.82, 2.24) is 9.88 Å². The van der Waals surface area contributed by atoms with Gasteiger partial charge in [0.25, 0.3) is 0 Å². The number of carbonyl (C=O) groups is 2. The number of urea groups is 1. The maximum Gasteiger partial charge on any atom is 0.323 e. The van der Waals surface area contributed by atoms with Crippen LogP contribution in [0, 0.1) is 6.92 Å². The van der Waals surface area contributed by atoms with Crippen LogP contribution in [0.25, 0.3) is 10.9 Å². The zero-order chi connectivity index (χ0) is 15.4. The van der Waals surface area contributed by atoms with Gasteiger partial charge in [-0.1, -0.05) is 18.2 Å². The number of aromatic nitrogens is 1. The number of hydrogen-bond donors (Lipinski definition) is 2. The second kappa shape index (κ2) is 6.21. The number of fused-ring (bicyclic) bond motifs is 1. The summed E-state index contributed by atoms with van der Waals surface area (Å²) in [6, 6.07) is 8.87. The molecule has 0 bridgehead atoms. The van der Waals surface area contributed by atoms with Gasteiger partial charge >= 0.3 is 12.0 Å². The molecule has 1 aromatic carbocycles. The van der Waals surface area contributed by atoms with Crippen molar-refractivity contribution in [2.45, 2.75) is 13.8 Å². The molecule has 21 heavy (non-hydrogen) atoms. The minimum Gasteiger partial charge on any atom is -0.480 e. The van der Waals surface area contributed by atoms with Crippen LogP contribution in [0.1, 0.15) is 12.6 Å². The zero-order valence-corrected chi connectivity index (χ0v) is 12.0. The smallest absolute Gasteiger partial charge is 0.323 e. The minimum atomic E-state index is -1.04. The van der Waals surface area contributed by atoms with Crippen molar-refractivity contribution < 1.29 is 14.7 Å². The van der Waals surface area contributed by atoms with Gasteiger partial charge in [-0.05, 0) is 26.0 Å². The predicted molar refractivity (Wildman–Crippen MR) is 80.4 cm³/mol. The third-order valence-corrected chi connectivity index (χ3v) is 3.10. The number of nitrogens with zero attached hydrogens (tertiary/aromatic N) is 2. The highest BCUT2D eigenvalue weighted by atomic mass is 16.4. The highest BCUT2D eigenvalue weighted by Gasteiger charge is 2.16. The average molecular weight is 287 g/mol. The van der Waals surface area contributed by atoms with Gasteiger partial charge in [0, 0.05) is 17.6 Å². The quantitative estimate of drug-likeness (QED) is 0.905. The Bertz CT molecular complexity index is 685. The first-order chi connectivity index (χ1) is 10.0. The summed E-state index contributed by atoms with van der Waals surface area (Å²) < 4.78 is 0. The van der Waals surface area contributed by atoms with Gasteiger partial charge in [-0.2, -0.15) is 0 Å². The van der Waals surface area contributed by atoms with E-state index in [2.05, 4.69) is 10.3 Å². The summed E-state index contributed by atoms with van der Waals surface area (Å²) in [4.78, 5) is 28.5. The summed E-state index contributed by atoms with van der Waals surface area (Å²) in [6.07, 6.45) is 0. The fourth-order valence-electron chi connectivity index (χ4n) is 2.03. The monoisotopic (exact) mass is 287 g/mol. The number of carbonyl (C=O) groups excluding carboxylic acids is 1. The number of carboxylic acids is 1. The van der Waals surface area contributed by atoms with E-state index in [0.717, 1.165) is 11.1 Å². The number of benzene rings is 1. The van der Waals surface area contributed by atoms with E-state index in [0.29, 0.717) is 17.7 Å². The van der Waals surface area contributed by atoms with E-state index >= 15 is 0 Å². The molecule has 1 aromatic heterocycles. The highest BCUT2D eigenvalue weighted by molar-refractivity contribution is 6.00. The first-order valence-corrected chi connectivity index (χ1v) is 6.65. The van der Waals surface area contributed by atoms with Gasteiger partial charge in [-0.15, -0.1) is 0 Å². The first kappa shape index (κ1) is 14.8. The molecule has 2 N–H and O–H groups in total. The number of para-hydroxylation sites is 1. The van der Waals surface area contributed by atoms with Crippen LogP contribution in [-0.4, -0.2) is 40.1 Å². The summed E-state index contributed by atoms with van der Waals surface area (Å²) in [5, 5.41) is 12.5. The number of hydrogen-bond acceptors (Lipinski definition) is 3. The first-order valence-electron chi connectivity index (χ1n) is 6.65. The lowest BCUT2D eigenvalue weighted by molar-refractivity contribution is -0.137. The Balaban J connectivity index is 2.28.